The Morgan fingerprint density at radius 2 is 2.15 bits per heavy atom. The smallest absolute Gasteiger partial charge is 0.337 e. The van der Waals surface area contributed by atoms with Crippen molar-refractivity contribution in [1.29, 1.82) is 0 Å². The van der Waals surface area contributed by atoms with Crippen LogP contribution in [0.15, 0.2) is 18.2 Å². The van der Waals surface area contributed by atoms with Crippen molar-refractivity contribution in [3.63, 3.8) is 0 Å². The van der Waals surface area contributed by atoms with Gasteiger partial charge in [0.15, 0.2) is 0 Å². The molecule has 1 saturated carbocycles. The van der Waals surface area contributed by atoms with Gasteiger partial charge in [-0.25, -0.2) is 4.79 Å². The zero-order valence-corrected chi connectivity index (χ0v) is 12.6. The molecule has 4 heteroatoms. The first-order chi connectivity index (χ1) is 9.52. The molecule has 0 bridgehead atoms. The van der Waals surface area contributed by atoms with Crippen molar-refractivity contribution < 1.29 is 9.53 Å². The van der Waals surface area contributed by atoms with Crippen molar-refractivity contribution in [2.24, 2.45) is 5.92 Å². The molecular weight excluding hydrogens is 252 g/mol. The van der Waals surface area contributed by atoms with Crippen LogP contribution in [-0.4, -0.2) is 25.7 Å². The average molecular weight is 276 g/mol. The Morgan fingerprint density at radius 1 is 1.45 bits per heavy atom. The fraction of sp³-hybridized carbons (Fsp3) is 0.562. The Hall–Kier alpha value is -1.71. The number of benzene rings is 1. The maximum absolute atomic E-state index is 11.5. The largest absolute Gasteiger partial charge is 0.465 e. The second-order valence-electron chi connectivity index (χ2n) is 5.87. The number of methoxy groups -OCH3 is 1. The van der Waals surface area contributed by atoms with Crippen LogP contribution in [0.5, 0.6) is 0 Å². The second kappa shape index (κ2) is 6.16. The monoisotopic (exact) mass is 276 g/mol. The average Bonchev–Trinajstić information content (AvgIpc) is 3.23. The topological polar surface area (TPSA) is 55.6 Å². The van der Waals surface area contributed by atoms with Crippen LogP contribution in [0.25, 0.3) is 0 Å². The van der Waals surface area contributed by atoms with Crippen LogP contribution < -0.4 is 10.6 Å². The number of carbonyl (C=O) groups excluding carboxylic acids is 1. The summed E-state index contributed by atoms with van der Waals surface area (Å²) in [6.07, 6.45) is 3.61. The number of hydrogen-bond donors (Lipinski definition) is 1. The van der Waals surface area contributed by atoms with E-state index in [1.807, 2.05) is 6.07 Å². The van der Waals surface area contributed by atoms with Gasteiger partial charge in [-0.1, -0.05) is 13.8 Å². The molecule has 4 nitrogen and oxygen atoms in total. The number of rotatable bonds is 6. The maximum Gasteiger partial charge on any atom is 0.337 e. The molecule has 0 unspecified atom stereocenters. The Morgan fingerprint density at radius 3 is 2.65 bits per heavy atom. The molecule has 0 aromatic heterocycles. The van der Waals surface area contributed by atoms with Crippen LogP contribution in [0.1, 0.15) is 43.5 Å². The van der Waals surface area contributed by atoms with Gasteiger partial charge in [0.25, 0.3) is 0 Å². The van der Waals surface area contributed by atoms with Gasteiger partial charge in [-0.15, -0.1) is 0 Å². The first-order valence-corrected chi connectivity index (χ1v) is 7.27. The third kappa shape index (κ3) is 3.44. The van der Waals surface area contributed by atoms with E-state index >= 15 is 0 Å². The van der Waals surface area contributed by atoms with Crippen molar-refractivity contribution in [2.45, 2.75) is 39.2 Å². The van der Waals surface area contributed by atoms with E-state index in [2.05, 4.69) is 18.7 Å². The van der Waals surface area contributed by atoms with Crippen LogP contribution in [-0.2, 0) is 4.74 Å². The molecule has 1 aliphatic carbocycles. The van der Waals surface area contributed by atoms with E-state index in [9.17, 15) is 4.79 Å². The molecule has 0 radical (unpaired) electrons. The standard InChI is InChI=1S/C16H24N2O2/c1-11(2)8-9-18(13-5-6-13)15-7-4-12(10-14(15)17)16(19)20-3/h4,7,10-11,13H,5-6,8-9,17H2,1-3H3. The van der Waals surface area contributed by atoms with E-state index in [0.29, 0.717) is 23.2 Å². The normalized spacial score (nSPS) is 14.4. The molecule has 1 aromatic carbocycles. The Bertz CT molecular complexity index is 481. The van der Waals surface area contributed by atoms with Gasteiger partial charge >= 0.3 is 5.97 Å². The van der Waals surface area contributed by atoms with Crippen LogP contribution in [0, 0.1) is 5.92 Å². The SMILES string of the molecule is COC(=O)c1ccc(N(CCC(C)C)C2CC2)c(N)c1. The highest BCUT2D eigenvalue weighted by Gasteiger charge is 2.30. The van der Waals surface area contributed by atoms with Crippen molar-refractivity contribution in [3.8, 4) is 0 Å². The summed E-state index contributed by atoms with van der Waals surface area (Å²) in [4.78, 5) is 13.9. The van der Waals surface area contributed by atoms with E-state index < -0.39 is 0 Å². The third-order valence-corrected chi connectivity index (χ3v) is 3.69. The highest BCUT2D eigenvalue weighted by Crippen LogP contribution is 2.35. The van der Waals surface area contributed by atoms with Crippen LogP contribution in [0.2, 0.25) is 0 Å². The van der Waals surface area contributed by atoms with E-state index in [1.165, 1.54) is 20.0 Å². The summed E-state index contributed by atoms with van der Waals surface area (Å²) < 4.78 is 4.72. The Kier molecular flexibility index (Phi) is 4.53. The van der Waals surface area contributed by atoms with Crippen molar-refractivity contribution in [1.82, 2.24) is 0 Å². The lowest BCUT2D eigenvalue weighted by atomic mass is 10.1. The van der Waals surface area contributed by atoms with Gasteiger partial charge < -0.3 is 15.4 Å². The van der Waals surface area contributed by atoms with Crippen LogP contribution in [0.4, 0.5) is 11.4 Å². The minimum Gasteiger partial charge on any atom is -0.465 e. The number of nitrogens with zero attached hydrogens (tertiary/aromatic N) is 1. The maximum atomic E-state index is 11.5. The van der Waals surface area contributed by atoms with Crippen molar-refractivity contribution >= 4 is 17.3 Å². The highest BCUT2D eigenvalue weighted by molar-refractivity contribution is 5.92. The minimum absolute atomic E-state index is 0.344. The van der Waals surface area contributed by atoms with Gasteiger partial charge in [-0.2, -0.15) is 0 Å². The molecule has 1 fully saturated rings. The summed E-state index contributed by atoms with van der Waals surface area (Å²) in [6, 6.07) is 6.06. The van der Waals surface area contributed by atoms with Crippen molar-refractivity contribution in [2.75, 3.05) is 24.3 Å². The number of hydrogen-bond acceptors (Lipinski definition) is 4. The molecule has 0 atom stereocenters. The number of ether oxygens (including phenoxy) is 1. The number of nitrogens with two attached hydrogens (primary N) is 1. The van der Waals surface area contributed by atoms with E-state index in [-0.39, 0.29) is 5.97 Å². The molecule has 0 spiro atoms. The van der Waals surface area contributed by atoms with Gasteiger partial charge in [0, 0.05) is 12.6 Å². The fourth-order valence-corrected chi connectivity index (χ4v) is 2.34. The number of anilines is 2. The summed E-state index contributed by atoms with van der Waals surface area (Å²) in [5.74, 6) is 0.329. The van der Waals surface area contributed by atoms with Crippen LogP contribution >= 0.6 is 0 Å². The number of esters is 1. The Labute approximate surface area is 120 Å². The highest BCUT2D eigenvalue weighted by atomic mass is 16.5. The molecule has 2 rings (SSSR count). The summed E-state index contributed by atoms with van der Waals surface area (Å²) in [5.41, 5.74) is 8.34. The minimum atomic E-state index is -0.344. The van der Waals surface area contributed by atoms with E-state index in [4.69, 9.17) is 10.5 Å². The lowest BCUT2D eigenvalue weighted by Crippen LogP contribution is -2.28. The van der Waals surface area contributed by atoms with E-state index in [1.54, 1.807) is 12.1 Å². The molecule has 2 N–H and O–H groups in total. The van der Waals surface area contributed by atoms with Gasteiger partial charge in [0.2, 0.25) is 0 Å². The molecule has 0 amide bonds. The third-order valence-electron chi connectivity index (χ3n) is 3.69. The quantitative estimate of drug-likeness (QED) is 0.641. The summed E-state index contributed by atoms with van der Waals surface area (Å²) in [6.45, 7) is 5.48. The molecule has 20 heavy (non-hydrogen) atoms. The zero-order valence-electron chi connectivity index (χ0n) is 12.6. The van der Waals surface area contributed by atoms with Crippen molar-refractivity contribution in [3.05, 3.63) is 23.8 Å². The fourth-order valence-electron chi connectivity index (χ4n) is 2.34. The van der Waals surface area contributed by atoms with Gasteiger partial charge in [0.1, 0.15) is 0 Å². The number of carbonyl (C=O) groups is 1. The number of nitrogen functional groups attached to an aromatic ring is 1. The summed E-state index contributed by atoms with van der Waals surface area (Å²) >= 11 is 0. The lowest BCUT2D eigenvalue weighted by molar-refractivity contribution is 0.0601. The van der Waals surface area contributed by atoms with Gasteiger partial charge in [0.05, 0.1) is 24.0 Å². The first-order valence-electron chi connectivity index (χ1n) is 7.27. The summed E-state index contributed by atoms with van der Waals surface area (Å²) in [5, 5.41) is 0. The second-order valence-corrected chi connectivity index (χ2v) is 5.87. The lowest BCUT2D eigenvalue weighted by Gasteiger charge is -2.27. The molecular formula is C16H24N2O2. The van der Waals surface area contributed by atoms with E-state index in [0.717, 1.165) is 18.7 Å². The van der Waals surface area contributed by atoms with Crippen LogP contribution in [0.3, 0.4) is 0 Å². The predicted octanol–water partition coefficient (Wildman–Crippen LogP) is 3.07. The zero-order chi connectivity index (χ0) is 14.7. The molecule has 0 saturated heterocycles. The Balaban J connectivity index is 2.18. The molecule has 1 aromatic rings. The first kappa shape index (κ1) is 14.7. The molecule has 0 heterocycles. The summed E-state index contributed by atoms with van der Waals surface area (Å²) in [7, 11) is 1.38. The van der Waals surface area contributed by atoms with Gasteiger partial charge in [-0.3, -0.25) is 0 Å². The molecule has 1 aliphatic rings. The van der Waals surface area contributed by atoms with Gasteiger partial charge in [-0.05, 0) is 43.4 Å². The predicted molar refractivity (Wildman–Crippen MR) is 82.0 cm³/mol. The molecule has 110 valence electrons. The molecule has 0 aliphatic heterocycles.